The number of carbonyl (C=O) groups is 1. The summed E-state index contributed by atoms with van der Waals surface area (Å²) in [5.74, 6) is 0.240. The molecule has 0 spiro atoms. The van der Waals surface area contributed by atoms with Crippen LogP contribution in [0.3, 0.4) is 0 Å². The summed E-state index contributed by atoms with van der Waals surface area (Å²) >= 11 is 9.32. The third-order valence-electron chi connectivity index (χ3n) is 2.82. The molecule has 2 aromatic rings. The van der Waals surface area contributed by atoms with E-state index in [2.05, 4.69) is 15.9 Å². The Hall–Kier alpha value is -1.52. The summed E-state index contributed by atoms with van der Waals surface area (Å²) in [7, 11) is 0. The van der Waals surface area contributed by atoms with Gasteiger partial charge < -0.3 is 9.84 Å². The Morgan fingerprint density at radius 3 is 2.25 bits per heavy atom. The topological polar surface area (TPSA) is 46.5 Å². The van der Waals surface area contributed by atoms with E-state index in [1.54, 1.807) is 12.1 Å². The largest absolute Gasteiger partial charge is 0.478 e. The fourth-order valence-electron chi connectivity index (χ4n) is 1.83. The highest BCUT2D eigenvalue weighted by Gasteiger charge is 2.10. The fourth-order valence-corrected chi connectivity index (χ4v) is 2.47. The van der Waals surface area contributed by atoms with Crippen molar-refractivity contribution in [2.75, 3.05) is 0 Å². The van der Waals surface area contributed by atoms with Crippen LogP contribution in [0, 0.1) is 13.8 Å². The Kier molecular flexibility index (Phi) is 4.35. The van der Waals surface area contributed by atoms with Crippen LogP contribution in [0.5, 0.6) is 11.5 Å². The average molecular weight is 356 g/mol. The van der Waals surface area contributed by atoms with E-state index in [9.17, 15) is 4.79 Å². The van der Waals surface area contributed by atoms with Crippen molar-refractivity contribution in [3.63, 3.8) is 0 Å². The summed E-state index contributed by atoms with van der Waals surface area (Å²) in [4.78, 5) is 10.9. The summed E-state index contributed by atoms with van der Waals surface area (Å²) < 4.78 is 6.21. The molecule has 0 saturated carbocycles. The monoisotopic (exact) mass is 354 g/mol. The molecule has 5 heteroatoms. The number of benzene rings is 2. The first-order chi connectivity index (χ1) is 9.38. The maximum atomic E-state index is 10.9. The van der Waals surface area contributed by atoms with Crippen molar-refractivity contribution in [2.24, 2.45) is 0 Å². The molecule has 104 valence electrons. The van der Waals surface area contributed by atoms with Crippen LogP contribution in [0.15, 0.2) is 34.8 Å². The Balaban J connectivity index is 2.31. The number of carboxylic acid groups (broad SMARTS) is 1. The lowest BCUT2D eigenvalue weighted by molar-refractivity contribution is 0.0696. The minimum Gasteiger partial charge on any atom is -0.478 e. The van der Waals surface area contributed by atoms with E-state index < -0.39 is 5.97 Å². The standard InChI is InChI=1S/C15H12BrClO3/c1-8-5-11(6-9(2)14(8)17)20-10-3-4-12(15(18)19)13(16)7-10/h3-7H,1-2H3,(H,18,19). The van der Waals surface area contributed by atoms with Crippen molar-refractivity contribution in [1.82, 2.24) is 0 Å². The number of aryl methyl sites for hydroxylation is 2. The number of halogens is 2. The van der Waals surface area contributed by atoms with Crippen molar-refractivity contribution in [3.05, 3.63) is 56.5 Å². The van der Waals surface area contributed by atoms with Crippen LogP contribution >= 0.6 is 27.5 Å². The van der Waals surface area contributed by atoms with Crippen molar-refractivity contribution in [1.29, 1.82) is 0 Å². The van der Waals surface area contributed by atoms with Gasteiger partial charge in [-0.1, -0.05) is 11.6 Å². The molecular weight excluding hydrogens is 344 g/mol. The maximum absolute atomic E-state index is 10.9. The average Bonchev–Trinajstić information content (AvgIpc) is 2.35. The molecule has 0 aliphatic heterocycles. The van der Waals surface area contributed by atoms with Crippen molar-refractivity contribution in [2.45, 2.75) is 13.8 Å². The first kappa shape index (κ1) is 14.9. The predicted octanol–water partition coefficient (Wildman–Crippen LogP) is 5.21. The van der Waals surface area contributed by atoms with E-state index in [1.165, 1.54) is 6.07 Å². The molecule has 0 amide bonds. The second kappa shape index (κ2) is 5.85. The highest BCUT2D eigenvalue weighted by Crippen LogP contribution is 2.31. The number of hydrogen-bond acceptors (Lipinski definition) is 2. The number of ether oxygens (including phenoxy) is 1. The van der Waals surface area contributed by atoms with Gasteiger partial charge in [-0.3, -0.25) is 0 Å². The summed E-state index contributed by atoms with van der Waals surface area (Å²) in [6, 6.07) is 8.43. The van der Waals surface area contributed by atoms with Gasteiger partial charge in [-0.2, -0.15) is 0 Å². The Morgan fingerprint density at radius 1 is 1.15 bits per heavy atom. The minimum atomic E-state index is -0.985. The SMILES string of the molecule is Cc1cc(Oc2ccc(C(=O)O)c(Br)c2)cc(C)c1Cl. The van der Waals surface area contributed by atoms with Crippen LogP contribution in [-0.2, 0) is 0 Å². The number of carboxylic acids is 1. The highest BCUT2D eigenvalue weighted by atomic mass is 79.9. The van der Waals surface area contributed by atoms with E-state index in [1.807, 2.05) is 26.0 Å². The number of aromatic carboxylic acids is 1. The van der Waals surface area contributed by atoms with E-state index in [0.717, 1.165) is 16.1 Å². The molecule has 0 aliphatic rings. The first-order valence-electron chi connectivity index (χ1n) is 5.86. The molecule has 0 heterocycles. The molecule has 2 aromatic carbocycles. The normalized spacial score (nSPS) is 10.4. The second-order valence-corrected chi connectivity index (χ2v) is 5.65. The fraction of sp³-hybridized carbons (Fsp3) is 0.133. The Morgan fingerprint density at radius 2 is 1.75 bits per heavy atom. The smallest absolute Gasteiger partial charge is 0.336 e. The lowest BCUT2D eigenvalue weighted by Crippen LogP contribution is -1.97. The van der Waals surface area contributed by atoms with Gasteiger partial charge in [-0.05, 0) is 71.2 Å². The molecule has 0 radical (unpaired) electrons. The van der Waals surface area contributed by atoms with Gasteiger partial charge in [0.1, 0.15) is 11.5 Å². The predicted molar refractivity (Wildman–Crippen MR) is 82.1 cm³/mol. The van der Waals surface area contributed by atoms with Gasteiger partial charge in [0.25, 0.3) is 0 Å². The van der Waals surface area contributed by atoms with Crippen LogP contribution in [0.4, 0.5) is 0 Å². The van der Waals surface area contributed by atoms with E-state index in [-0.39, 0.29) is 5.56 Å². The van der Waals surface area contributed by atoms with Crippen molar-refractivity contribution >= 4 is 33.5 Å². The third-order valence-corrected chi connectivity index (χ3v) is 4.07. The molecule has 0 aliphatic carbocycles. The maximum Gasteiger partial charge on any atom is 0.336 e. The van der Waals surface area contributed by atoms with E-state index in [4.69, 9.17) is 21.4 Å². The molecule has 0 atom stereocenters. The molecule has 0 aromatic heterocycles. The molecule has 1 N–H and O–H groups in total. The van der Waals surface area contributed by atoms with E-state index in [0.29, 0.717) is 16.0 Å². The molecule has 3 nitrogen and oxygen atoms in total. The van der Waals surface area contributed by atoms with Gasteiger partial charge in [0, 0.05) is 9.50 Å². The summed E-state index contributed by atoms with van der Waals surface area (Å²) in [5, 5.41) is 9.69. The number of rotatable bonds is 3. The third kappa shape index (κ3) is 3.14. The molecule has 20 heavy (non-hydrogen) atoms. The number of hydrogen-bond donors (Lipinski definition) is 1. The molecule has 0 bridgehead atoms. The van der Waals surface area contributed by atoms with Crippen LogP contribution in [0.25, 0.3) is 0 Å². The van der Waals surface area contributed by atoms with Gasteiger partial charge in [0.15, 0.2) is 0 Å². The van der Waals surface area contributed by atoms with Crippen molar-refractivity contribution < 1.29 is 14.6 Å². The second-order valence-electron chi connectivity index (χ2n) is 4.42. The zero-order valence-electron chi connectivity index (χ0n) is 10.9. The van der Waals surface area contributed by atoms with Gasteiger partial charge >= 0.3 is 5.97 Å². The molecule has 0 fully saturated rings. The van der Waals surface area contributed by atoms with Gasteiger partial charge in [-0.15, -0.1) is 0 Å². The molecule has 2 rings (SSSR count). The van der Waals surface area contributed by atoms with Gasteiger partial charge in [0.2, 0.25) is 0 Å². The highest BCUT2D eigenvalue weighted by molar-refractivity contribution is 9.10. The van der Waals surface area contributed by atoms with Crippen LogP contribution in [-0.4, -0.2) is 11.1 Å². The van der Waals surface area contributed by atoms with Gasteiger partial charge in [0.05, 0.1) is 5.56 Å². The van der Waals surface area contributed by atoms with Crippen LogP contribution < -0.4 is 4.74 Å². The lowest BCUT2D eigenvalue weighted by Gasteiger charge is -2.10. The van der Waals surface area contributed by atoms with Gasteiger partial charge in [-0.25, -0.2) is 4.79 Å². The molecular formula is C15H12BrClO3. The summed E-state index contributed by atoms with van der Waals surface area (Å²) in [5.41, 5.74) is 2.06. The zero-order chi connectivity index (χ0) is 14.9. The van der Waals surface area contributed by atoms with Crippen molar-refractivity contribution in [3.8, 4) is 11.5 Å². The van der Waals surface area contributed by atoms with E-state index >= 15 is 0 Å². The lowest BCUT2D eigenvalue weighted by atomic mass is 10.1. The summed E-state index contributed by atoms with van der Waals surface area (Å²) in [6.45, 7) is 3.82. The summed E-state index contributed by atoms with van der Waals surface area (Å²) in [6.07, 6.45) is 0. The Bertz CT molecular complexity index is 660. The minimum absolute atomic E-state index is 0.195. The first-order valence-corrected chi connectivity index (χ1v) is 7.03. The molecule has 0 unspecified atom stereocenters. The van der Waals surface area contributed by atoms with Crippen LogP contribution in [0.1, 0.15) is 21.5 Å². The molecule has 0 saturated heterocycles. The Labute approximate surface area is 130 Å². The zero-order valence-corrected chi connectivity index (χ0v) is 13.2. The van der Waals surface area contributed by atoms with Crippen LogP contribution in [0.2, 0.25) is 5.02 Å². The quantitative estimate of drug-likeness (QED) is 0.822.